The number of rotatable bonds is 4. The van der Waals surface area contributed by atoms with Crippen LogP contribution in [0.25, 0.3) is 0 Å². The highest BCUT2D eigenvalue weighted by atomic mass is 79.9. The van der Waals surface area contributed by atoms with Crippen molar-refractivity contribution in [2.24, 2.45) is 0 Å². The molecule has 1 aliphatic rings. The van der Waals surface area contributed by atoms with Gasteiger partial charge in [-0.25, -0.2) is 0 Å². The van der Waals surface area contributed by atoms with Crippen LogP contribution in [0.3, 0.4) is 0 Å². The molecule has 0 radical (unpaired) electrons. The Morgan fingerprint density at radius 1 is 1.32 bits per heavy atom. The number of carbonyl (C=O) groups is 1. The quantitative estimate of drug-likeness (QED) is 0.840. The Morgan fingerprint density at radius 2 is 2.18 bits per heavy atom. The molecule has 1 aliphatic heterocycles. The Hall–Kier alpha value is -1.69. The van der Waals surface area contributed by atoms with Crippen LogP contribution in [0.15, 0.2) is 28.7 Å². The molecular formula is C16H19BrN4O. The fraction of sp³-hybridized carbons (Fsp3) is 0.438. The first-order valence-electron chi connectivity index (χ1n) is 7.60. The second kappa shape index (κ2) is 6.60. The van der Waals surface area contributed by atoms with Gasteiger partial charge in [-0.3, -0.25) is 4.79 Å². The highest BCUT2D eigenvalue weighted by molar-refractivity contribution is 9.10. The number of aromatic nitrogens is 3. The van der Waals surface area contributed by atoms with Crippen molar-refractivity contribution in [3.8, 4) is 0 Å². The fourth-order valence-electron chi connectivity index (χ4n) is 2.76. The number of hydrogen-bond donors (Lipinski definition) is 0. The van der Waals surface area contributed by atoms with Gasteiger partial charge in [0.1, 0.15) is 5.82 Å². The predicted molar refractivity (Wildman–Crippen MR) is 87.3 cm³/mol. The molecule has 1 amide bonds. The fourth-order valence-corrected chi connectivity index (χ4v) is 3.21. The van der Waals surface area contributed by atoms with E-state index in [2.05, 4.69) is 42.8 Å². The maximum atomic E-state index is 12.0. The molecule has 0 spiro atoms. The lowest BCUT2D eigenvalue weighted by atomic mass is 10.1. The lowest BCUT2D eigenvalue weighted by Crippen LogP contribution is -2.38. The topological polar surface area (TPSA) is 51.0 Å². The molecule has 1 aromatic heterocycles. The summed E-state index contributed by atoms with van der Waals surface area (Å²) in [5.74, 6) is 2.07. The third-order valence-corrected chi connectivity index (χ3v) is 4.39. The summed E-state index contributed by atoms with van der Waals surface area (Å²) in [5, 5.41) is 8.60. The molecule has 0 bridgehead atoms. The van der Waals surface area contributed by atoms with Crippen LogP contribution in [0.1, 0.15) is 37.0 Å². The molecule has 0 N–H and O–H groups in total. The highest BCUT2D eigenvalue weighted by Crippen LogP contribution is 2.18. The van der Waals surface area contributed by atoms with E-state index in [9.17, 15) is 4.79 Å². The molecule has 0 unspecified atom stereocenters. The normalized spacial score (nSPS) is 14.0. The number of fused-ring (bicyclic) bond motifs is 1. The van der Waals surface area contributed by atoms with Gasteiger partial charge in [-0.15, -0.1) is 10.2 Å². The van der Waals surface area contributed by atoms with E-state index >= 15 is 0 Å². The minimum absolute atomic E-state index is 0.213. The minimum Gasteiger partial charge on any atom is -0.333 e. The molecule has 6 heteroatoms. The first-order valence-corrected chi connectivity index (χ1v) is 8.40. The van der Waals surface area contributed by atoms with Gasteiger partial charge in [-0.1, -0.05) is 35.0 Å². The molecule has 116 valence electrons. The number of benzene rings is 1. The maximum Gasteiger partial charge on any atom is 0.223 e. The van der Waals surface area contributed by atoms with Crippen LogP contribution < -0.4 is 0 Å². The van der Waals surface area contributed by atoms with E-state index < -0.39 is 0 Å². The van der Waals surface area contributed by atoms with E-state index in [-0.39, 0.29) is 5.91 Å². The Balaban J connectivity index is 1.74. The van der Waals surface area contributed by atoms with E-state index in [1.165, 1.54) is 5.56 Å². The van der Waals surface area contributed by atoms with Crippen molar-refractivity contribution in [2.75, 3.05) is 6.54 Å². The third kappa shape index (κ3) is 3.21. The molecule has 1 aromatic carbocycles. The Kier molecular flexibility index (Phi) is 4.57. The zero-order chi connectivity index (χ0) is 15.5. The second-order valence-electron chi connectivity index (χ2n) is 5.56. The van der Waals surface area contributed by atoms with E-state index in [0.29, 0.717) is 13.0 Å². The lowest BCUT2D eigenvalue weighted by Gasteiger charge is -2.27. The summed E-state index contributed by atoms with van der Waals surface area (Å²) in [6.45, 7) is 4.13. The van der Waals surface area contributed by atoms with Crippen LogP contribution in [-0.4, -0.2) is 32.1 Å². The van der Waals surface area contributed by atoms with Gasteiger partial charge in [0, 0.05) is 30.4 Å². The monoisotopic (exact) mass is 362 g/mol. The number of hydrogen-bond acceptors (Lipinski definition) is 3. The summed E-state index contributed by atoms with van der Waals surface area (Å²) >= 11 is 3.49. The molecule has 22 heavy (non-hydrogen) atoms. The van der Waals surface area contributed by atoms with Gasteiger partial charge in [0.05, 0.1) is 6.54 Å². The van der Waals surface area contributed by atoms with E-state index in [4.69, 9.17) is 0 Å². The number of carbonyl (C=O) groups excluding carboxylic acids is 1. The van der Waals surface area contributed by atoms with Crippen LogP contribution in [-0.2, 0) is 24.3 Å². The van der Waals surface area contributed by atoms with Crippen LogP contribution in [0, 0.1) is 0 Å². The molecule has 3 rings (SSSR count). The summed E-state index contributed by atoms with van der Waals surface area (Å²) in [7, 11) is 0. The van der Waals surface area contributed by atoms with E-state index in [0.717, 1.165) is 42.1 Å². The van der Waals surface area contributed by atoms with Gasteiger partial charge >= 0.3 is 0 Å². The molecule has 0 saturated heterocycles. The van der Waals surface area contributed by atoms with Crippen molar-refractivity contribution in [3.63, 3.8) is 0 Å². The summed E-state index contributed by atoms with van der Waals surface area (Å²) in [5.41, 5.74) is 1.20. The van der Waals surface area contributed by atoms with Gasteiger partial charge in [0.15, 0.2) is 5.82 Å². The smallest absolute Gasteiger partial charge is 0.223 e. The van der Waals surface area contributed by atoms with Gasteiger partial charge < -0.3 is 9.47 Å². The van der Waals surface area contributed by atoms with Crippen LogP contribution in [0.5, 0.6) is 0 Å². The van der Waals surface area contributed by atoms with Crippen molar-refractivity contribution in [3.05, 3.63) is 46.0 Å². The van der Waals surface area contributed by atoms with Gasteiger partial charge in [0.25, 0.3) is 0 Å². The molecular weight excluding hydrogens is 344 g/mol. The predicted octanol–water partition coefficient (Wildman–Crippen LogP) is 2.77. The average Bonchev–Trinajstić information content (AvgIpc) is 2.90. The standard InChI is InChI=1S/C16H19BrN4O/c1-2-4-16(22)20-7-8-21-14(18-19-15(21)11-20)10-12-5-3-6-13(17)9-12/h3,5-6,9H,2,4,7-8,10-11H2,1H3. The largest absolute Gasteiger partial charge is 0.333 e. The molecule has 0 aliphatic carbocycles. The lowest BCUT2D eigenvalue weighted by molar-refractivity contribution is -0.132. The van der Waals surface area contributed by atoms with E-state index in [1.54, 1.807) is 0 Å². The van der Waals surface area contributed by atoms with Gasteiger partial charge in [-0.2, -0.15) is 0 Å². The third-order valence-electron chi connectivity index (χ3n) is 3.90. The van der Waals surface area contributed by atoms with Crippen molar-refractivity contribution in [2.45, 2.75) is 39.3 Å². The minimum atomic E-state index is 0.213. The van der Waals surface area contributed by atoms with Crippen LogP contribution in [0.2, 0.25) is 0 Å². The molecule has 0 fully saturated rings. The van der Waals surface area contributed by atoms with Gasteiger partial charge in [-0.05, 0) is 24.1 Å². The first-order chi connectivity index (χ1) is 10.7. The molecule has 0 atom stereocenters. The number of nitrogens with zero attached hydrogens (tertiary/aromatic N) is 4. The summed E-state index contributed by atoms with van der Waals surface area (Å²) in [6.07, 6.45) is 2.25. The zero-order valence-electron chi connectivity index (χ0n) is 12.6. The zero-order valence-corrected chi connectivity index (χ0v) is 14.2. The molecule has 2 aromatic rings. The average molecular weight is 363 g/mol. The van der Waals surface area contributed by atoms with Crippen molar-refractivity contribution in [1.82, 2.24) is 19.7 Å². The van der Waals surface area contributed by atoms with E-state index in [1.807, 2.05) is 24.0 Å². The number of halogens is 1. The van der Waals surface area contributed by atoms with Crippen LogP contribution in [0.4, 0.5) is 0 Å². The Bertz CT molecular complexity index is 683. The first kappa shape index (κ1) is 15.2. The SMILES string of the molecule is CCCC(=O)N1CCn2c(Cc3cccc(Br)c3)nnc2C1. The summed E-state index contributed by atoms with van der Waals surface area (Å²) < 4.78 is 3.22. The second-order valence-corrected chi connectivity index (χ2v) is 6.47. The van der Waals surface area contributed by atoms with Crippen molar-refractivity contribution in [1.29, 1.82) is 0 Å². The Labute approximate surface area is 138 Å². The molecule has 5 nitrogen and oxygen atoms in total. The summed E-state index contributed by atoms with van der Waals surface area (Å²) in [6, 6.07) is 8.23. The summed E-state index contributed by atoms with van der Waals surface area (Å²) in [4.78, 5) is 13.9. The van der Waals surface area contributed by atoms with Crippen molar-refractivity contribution < 1.29 is 4.79 Å². The molecule has 0 saturated carbocycles. The van der Waals surface area contributed by atoms with Crippen LogP contribution >= 0.6 is 15.9 Å². The number of amides is 1. The maximum absolute atomic E-state index is 12.0. The highest BCUT2D eigenvalue weighted by Gasteiger charge is 2.23. The Morgan fingerprint density at radius 3 is 2.95 bits per heavy atom. The molecule has 2 heterocycles. The van der Waals surface area contributed by atoms with Crippen molar-refractivity contribution >= 4 is 21.8 Å². The van der Waals surface area contributed by atoms with Gasteiger partial charge in [0.2, 0.25) is 5.91 Å².